The third-order valence-electron chi connectivity index (χ3n) is 2.91. The Hall–Kier alpha value is -0.880. The Kier molecular flexibility index (Phi) is 3.03. The Morgan fingerprint density at radius 2 is 2.25 bits per heavy atom. The minimum absolute atomic E-state index is 0.301. The number of hydrogen-bond acceptors (Lipinski definition) is 3. The van der Waals surface area contributed by atoms with E-state index >= 15 is 0 Å². The smallest absolute Gasteiger partial charge is 0.246 e. The molecule has 0 spiro atoms. The maximum atomic E-state index is 12.3. The van der Waals surface area contributed by atoms with Crippen LogP contribution in [0.5, 0.6) is 0 Å². The number of H-pyrrole nitrogens is 1. The van der Waals surface area contributed by atoms with Crippen LogP contribution in [0.1, 0.15) is 25.5 Å². The Balaban J connectivity index is 2.25. The minimum atomic E-state index is -3.35. The molecule has 90 valence electrons. The second kappa shape index (κ2) is 4.18. The predicted octanol–water partition coefficient (Wildman–Crippen LogP) is 1.14. The summed E-state index contributed by atoms with van der Waals surface area (Å²) in [5, 5.41) is 6.44. The highest BCUT2D eigenvalue weighted by molar-refractivity contribution is 7.89. The van der Waals surface area contributed by atoms with Gasteiger partial charge >= 0.3 is 0 Å². The molecule has 2 rings (SSSR count). The van der Waals surface area contributed by atoms with Crippen LogP contribution in [-0.2, 0) is 10.0 Å². The third-order valence-corrected chi connectivity index (χ3v) is 4.97. The molecular formula is C10H17N3O2S. The van der Waals surface area contributed by atoms with Gasteiger partial charge in [0.1, 0.15) is 4.90 Å². The van der Waals surface area contributed by atoms with Crippen molar-refractivity contribution in [2.75, 3.05) is 13.1 Å². The summed E-state index contributed by atoms with van der Waals surface area (Å²) in [4.78, 5) is 0.301. The second-order valence-corrected chi connectivity index (χ2v) is 6.16. The maximum Gasteiger partial charge on any atom is 0.246 e. The average molecular weight is 243 g/mol. The first-order chi connectivity index (χ1) is 7.55. The Bertz CT molecular complexity index is 462. The number of hydrogen-bond donors (Lipinski definition) is 1. The number of aromatic amines is 1. The van der Waals surface area contributed by atoms with Crippen molar-refractivity contribution in [2.24, 2.45) is 5.92 Å². The van der Waals surface area contributed by atoms with Crippen molar-refractivity contribution < 1.29 is 8.42 Å². The lowest BCUT2D eigenvalue weighted by atomic mass is 10.4. The molecule has 1 aromatic heterocycles. The van der Waals surface area contributed by atoms with Crippen LogP contribution < -0.4 is 0 Å². The topological polar surface area (TPSA) is 66.1 Å². The Morgan fingerprint density at radius 3 is 2.69 bits per heavy atom. The SMILES string of the molecule is CCN(CC1CC1)S(=O)(=O)c1cn[nH]c1C. The van der Waals surface area contributed by atoms with E-state index in [2.05, 4.69) is 10.2 Å². The maximum absolute atomic E-state index is 12.3. The fourth-order valence-corrected chi connectivity index (χ4v) is 3.37. The quantitative estimate of drug-likeness (QED) is 0.843. The van der Waals surface area contributed by atoms with Gasteiger partial charge in [-0.05, 0) is 25.7 Å². The number of aromatic nitrogens is 2. The summed E-state index contributed by atoms with van der Waals surface area (Å²) in [6.45, 7) is 4.76. The summed E-state index contributed by atoms with van der Waals surface area (Å²) in [7, 11) is -3.35. The monoisotopic (exact) mass is 243 g/mol. The second-order valence-electron chi connectivity index (χ2n) is 4.26. The number of nitrogens with zero attached hydrogens (tertiary/aromatic N) is 2. The van der Waals surface area contributed by atoms with Crippen LogP contribution in [0.15, 0.2) is 11.1 Å². The molecule has 1 saturated carbocycles. The molecule has 0 radical (unpaired) electrons. The lowest BCUT2D eigenvalue weighted by Gasteiger charge is -2.19. The highest BCUT2D eigenvalue weighted by Crippen LogP contribution is 2.31. The fraction of sp³-hybridized carbons (Fsp3) is 0.700. The highest BCUT2D eigenvalue weighted by atomic mass is 32.2. The summed E-state index contributed by atoms with van der Waals surface area (Å²) >= 11 is 0. The van der Waals surface area contributed by atoms with Gasteiger partial charge in [0.25, 0.3) is 0 Å². The fourth-order valence-electron chi connectivity index (χ4n) is 1.72. The van der Waals surface area contributed by atoms with E-state index in [1.807, 2.05) is 6.92 Å². The van der Waals surface area contributed by atoms with Crippen molar-refractivity contribution in [3.8, 4) is 0 Å². The molecule has 0 saturated heterocycles. The van der Waals surface area contributed by atoms with Gasteiger partial charge in [-0.15, -0.1) is 0 Å². The number of sulfonamides is 1. The largest absolute Gasteiger partial charge is 0.281 e. The third kappa shape index (κ3) is 2.12. The molecule has 1 fully saturated rings. The average Bonchev–Trinajstić information content (AvgIpc) is 2.95. The standard InChI is InChI=1S/C10H17N3O2S/c1-3-13(7-9-4-5-9)16(14,15)10-6-11-12-8(10)2/h6,9H,3-5,7H2,1-2H3,(H,11,12). The zero-order valence-electron chi connectivity index (χ0n) is 9.60. The van der Waals surface area contributed by atoms with E-state index in [-0.39, 0.29) is 0 Å². The zero-order valence-corrected chi connectivity index (χ0v) is 10.4. The van der Waals surface area contributed by atoms with Crippen LogP contribution in [0.3, 0.4) is 0 Å². The van der Waals surface area contributed by atoms with Crippen molar-refractivity contribution in [1.29, 1.82) is 0 Å². The van der Waals surface area contributed by atoms with Gasteiger partial charge in [-0.25, -0.2) is 8.42 Å². The van der Waals surface area contributed by atoms with Gasteiger partial charge < -0.3 is 0 Å². The Labute approximate surface area is 95.9 Å². The van der Waals surface area contributed by atoms with E-state index in [4.69, 9.17) is 0 Å². The van der Waals surface area contributed by atoms with Crippen molar-refractivity contribution in [3.63, 3.8) is 0 Å². The summed E-state index contributed by atoms with van der Waals surface area (Å²) in [5.74, 6) is 0.557. The normalized spacial score (nSPS) is 16.9. The molecule has 16 heavy (non-hydrogen) atoms. The van der Waals surface area contributed by atoms with E-state index in [9.17, 15) is 8.42 Å². The van der Waals surface area contributed by atoms with Gasteiger partial charge in [0.15, 0.2) is 0 Å². The van der Waals surface area contributed by atoms with Crippen molar-refractivity contribution in [1.82, 2.24) is 14.5 Å². The van der Waals surface area contributed by atoms with Gasteiger partial charge in [-0.2, -0.15) is 9.40 Å². The highest BCUT2D eigenvalue weighted by Gasteiger charge is 2.31. The van der Waals surface area contributed by atoms with Gasteiger partial charge in [-0.3, -0.25) is 5.10 Å². The molecule has 1 heterocycles. The molecule has 1 aliphatic carbocycles. The molecule has 5 nitrogen and oxygen atoms in total. The molecule has 1 N–H and O–H groups in total. The lowest BCUT2D eigenvalue weighted by Crippen LogP contribution is -2.32. The predicted molar refractivity (Wildman–Crippen MR) is 60.5 cm³/mol. The van der Waals surface area contributed by atoms with Crippen molar-refractivity contribution in [3.05, 3.63) is 11.9 Å². The molecule has 0 unspecified atom stereocenters. The van der Waals surface area contributed by atoms with Crippen molar-refractivity contribution >= 4 is 10.0 Å². The van der Waals surface area contributed by atoms with E-state index in [0.717, 1.165) is 12.8 Å². The zero-order chi connectivity index (χ0) is 11.8. The molecule has 0 amide bonds. The van der Waals surface area contributed by atoms with Gasteiger partial charge in [0.2, 0.25) is 10.0 Å². The molecule has 0 atom stereocenters. The first kappa shape index (κ1) is 11.6. The van der Waals surface area contributed by atoms with Crippen molar-refractivity contribution in [2.45, 2.75) is 31.6 Å². The van der Waals surface area contributed by atoms with Gasteiger partial charge in [-0.1, -0.05) is 6.92 Å². The first-order valence-electron chi connectivity index (χ1n) is 5.55. The summed E-state index contributed by atoms with van der Waals surface area (Å²) in [6, 6.07) is 0. The van der Waals surface area contributed by atoms with E-state index in [1.165, 1.54) is 6.20 Å². The summed E-state index contributed by atoms with van der Waals surface area (Å²) < 4.78 is 26.1. The Morgan fingerprint density at radius 1 is 1.56 bits per heavy atom. The molecule has 6 heteroatoms. The van der Waals surface area contributed by atoms with Gasteiger partial charge in [0, 0.05) is 13.1 Å². The van der Waals surface area contributed by atoms with Gasteiger partial charge in [0.05, 0.1) is 11.9 Å². The molecule has 0 aromatic carbocycles. The minimum Gasteiger partial charge on any atom is -0.281 e. The number of aryl methyl sites for hydroxylation is 1. The molecule has 0 aliphatic heterocycles. The lowest BCUT2D eigenvalue weighted by molar-refractivity contribution is 0.412. The van der Waals surface area contributed by atoms with E-state index in [1.54, 1.807) is 11.2 Å². The molecule has 0 bridgehead atoms. The summed E-state index contributed by atoms with van der Waals surface area (Å²) in [6.07, 6.45) is 3.69. The molecular weight excluding hydrogens is 226 g/mol. The molecule has 1 aromatic rings. The van der Waals surface area contributed by atoms with Crippen LogP contribution >= 0.6 is 0 Å². The van der Waals surface area contributed by atoms with E-state index < -0.39 is 10.0 Å². The number of rotatable bonds is 5. The van der Waals surface area contributed by atoms with Crippen LogP contribution in [0.2, 0.25) is 0 Å². The van der Waals surface area contributed by atoms with Crippen LogP contribution in [0, 0.1) is 12.8 Å². The van der Waals surface area contributed by atoms with Crippen LogP contribution in [0.25, 0.3) is 0 Å². The van der Waals surface area contributed by atoms with E-state index in [0.29, 0.717) is 29.6 Å². The first-order valence-corrected chi connectivity index (χ1v) is 6.99. The number of nitrogens with one attached hydrogen (secondary N) is 1. The summed E-state index contributed by atoms with van der Waals surface area (Å²) in [5.41, 5.74) is 0.606. The van der Waals surface area contributed by atoms with Crippen LogP contribution in [-0.4, -0.2) is 36.0 Å². The van der Waals surface area contributed by atoms with Crippen LogP contribution in [0.4, 0.5) is 0 Å². The molecule has 1 aliphatic rings.